The zero-order valence-corrected chi connectivity index (χ0v) is 23.0. The molecule has 2 aliphatic carbocycles. The molecule has 0 aromatic rings. The van der Waals surface area contributed by atoms with Crippen LogP contribution in [0, 0.1) is 24.0 Å². The Balaban J connectivity index is -0.000000121. The van der Waals surface area contributed by atoms with Crippen molar-refractivity contribution in [3.8, 4) is 0 Å². The maximum absolute atomic E-state index is 3.29. The predicted octanol–water partition coefficient (Wildman–Crippen LogP) is 6.80. The zero-order valence-electron chi connectivity index (χ0n) is 16.6. The van der Waals surface area contributed by atoms with Crippen molar-refractivity contribution in [3.05, 3.63) is 46.6 Å². The van der Waals surface area contributed by atoms with Crippen LogP contribution in [-0.4, -0.2) is 9.52 Å². The minimum Gasteiger partial charge on any atom is -0.266 e. The van der Waals surface area contributed by atoms with Crippen molar-refractivity contribution in [2.24, 2.45) is 11.8 Å². The van der Waals surface area contributed by atoms with Gasteiger partial charge in [-0.15, -0.1) is 24.8 Å². The molecule has 0 heterocycles. The molecule has 0 amide bonds. The third-order valence-corrected chi connectivity index (χ3v) is 4.87. The first-order valence-electron chi connectivity index (χ1n) is 8.19. The summed E-state index contributed by atoms with van der Waals surface area (Å²) in [7, 11) is 0.815. The van der Waals surface area contributed by atoms with Crippen LogP contribution in [0.25, 0.3) is 0 Å². The van der Waals surface area contributed by atoms with E-state index in [0.717, 1.165) is 9.52 Å². The van der Waals surface area contributed by atoms with Gasteiger partial charge in [0.25, 0.3) is 0 Å². The van der Waals surface area contributed by atoms with E-state index in [2.05, 4.69) is 79.7 Å². The zero-order chi connectivity index (χ0) is 16.4. The molecule has 4 heteroatoms. The molecule has 0 spiro atoms. The molecule has 2 rings (SSSR count). The minimum atomic E-state index is 0. The monoisotopic (exact) mass is 553 g/mol. The van der Waals surface area contributed by atoms with Gasteiger partial charge in [-0.3, -0.25) is 12.2 Å². The second-order valence-corrected chi connectivity index (χ2v) is 8.19. The molecule has 0 aromatic heterocycles. The van der Waals surface area contributed by atoms with Gasteiger partial charge in [0.2, 0.25) is 0 Å². The maximum Gasteiger partial charge on any atom is 0.0274 e. The molecule has 139 valence electrons. The summed E-state index contributed by atoms with van der Waals surface area (Å²) in [4.78, 5) is 0. The van der Waals surface area contributed by atoms with E-state index >= 15 is 0 Å². The van der Waals surface area contributed by atoms with Crippen molar-refractivity contribution >= 4 is 34.3 Å². The summed E-state index contributed by atoms with van der Waals surface area (Å²) >= 11 is 0. The maximum atomic E-state index is 3.29. The number of allylic oxidation sites excluding steroid dienone is 8. The molecule has 0 N–H and O–H groups in total. The predicted molar refractivity (Wildman–Crippen MR) is 113 cm³/mol. The average Bonchev–Trinajstić information content (AvgIpc) is 2.83. The van der Waals surface area contributed by atoms with Gasteiger partial charge in [-0.25, -0.2) is 23.3 Å². The van der Waals surface area contributed by atoms with Crippen molar-refractivity contribution < 1.29 is 25.8 Å². The number of hydrogen-bond donors (Lipinski definition) is 0. The first-order chi connectivity index (χ1) is 9.81. The Kier molecular flexibility index (Phi) is 24.8. The first kappa shape index (κ1) is 32.3. The van der Waals surface area contributed by atoms with Gasteiger partial charge in [0.05, 0.1) is 0 Å². The molecule has 2 unspecified atom stereocenters. The van der Waals surface area contributed by atoms with Crippen molar-refractivity contribution in [3.63, 3.8) is 0 Å². The summed E-state index contributed by atoms with van der Waals surface area (Å²) in [6, 6.07) is 2.85. The van der Waals surface area contributed by atoms with Gasteiger partial charge < -0.3 is 0 Å². The quantitative estimate of drug-likeness (QED) is 0.261. The van der Waals surface area contributed by atoms with Crippen LogP contribution < -0.4 is 0 Å². The molecular weight excluding hydrogens is 518 g/mol. The topological polar surface area (TPSA) is 0 Å². The van der Waals surface area contributed by atoms with E-state index in [4.69, 9.17) is 0 Å². The molecule has 0 bridgehead atoms. The van der Waals surface area contributed by atoms with E-state index in [-0.39, 0.29) is 50.7 Å². The van der Waals surface area contributed by atoms with Gasteiger partial charge in [0, 0.05) is 35.4 Å². The van der Waals surface area contributed by atoms with Crippen LogP contribution in [0.2, 0.25) is 12.1 Å². The van der Waals surface area contributed by atoms with Gasteiger partial charge in [0.15, 0.2) is 0 Å². The van der Waals surface area contributed by atoms with Gasteiger partial charge in [-0.2, -0.15) is 11.1 Å². The van der Waals surface area contributed by atoms with Gasteiger partial charge in [-0.05, 0) is 0 Å². The average molecular weight is 553 g/mol. The van der Waals surface area contributed by atoms with Crippen molar-refractivity contribution in [1.82, 2.24) is 0 Å². The molecule has 1 radical (unpaired) electrons. The van der Waals surface area contributed by atoms with Gasteiger partial charge in [-0.1, -0.05) is 79.3 Å². The smallest absolute Gasteiger partial charge is 0.0274 e. The molecule has 0 nitrogen and oxygen atoms in total. The fourth-order valence-corrected chi connectivity index (χ4v) is 2.79. The Hall–Kier alpha value is 0.627. The number of rotatable bonds is 2. The van der Waals surface area contributed by atoms with Crippen molar-refractivity contribution in [1.29, 1.82) is 0 Å². The molecule has 0 aliphatic heterocycles. The minimum absolute atomic E-state index is 0. The van der Waals surface area contributed by atoms with Crippen LogP contribution in [0.4, 0.5) is 0 Å². The Labute approximate surface area is 185 Å². The Morgan fingerprint density at radius 1 is 0.792 bits per heavy atom. The van der Waals surface area contributed by atoms with Crippen LogP contribution in [0.3, 0.4) is 0 Å². The molecule has 0 aromatic carbocycles. The molecular formula is C20H35Cl2HfSi-2. The van der Waals surface area contributed by atoms with E-state index in [9.17, 15) is 0 Å². The first-order valence-corrected chi connectivity index (χ1v) is 9.83. The molecule has 0 saturated carbocycles. The number of hydrogen-bond acceptors (Lipinski definition) is 0. The second-order valence-electron chi connectivity index (χ2n) is 5.98. The summed E-state index contributed by atoms with van der Waals surface area (Å²) < 4.78 is 0. The SMILES string of the molecule is CC1=[C-]C(C)C(C)=C1.CC1=[C-]C(C)C(C)=C1.CC[SiH]CC.Cl.Cl.[Hf]. The summed E-state index contributed by atoms with van der Waals surface area (Å²) in [5.74, 6) is 1.13. The fourth-order valence-electron chi connectivity index (χ4n) is 2.22. The molecule has 2 aliphatic rings. The second kappa shape index (κ2) is 18.4. The summed E-state index contributed by atoms with van der Waals surface area (Å²) in [5, 5.41) is 0. The van der Waals surface area contributed by atoms with E-state index in [1.54, 1.807) is 0 Å². The Bertz CT molecular complexity index is 397. The molecule has 0 fully saturated rings. The van der Waals surface area contributed by atoms with E-state index in [0.29, 0.717) is 11.8 Å². The fraction of sp³-hybridized carbons (Fsp3) is 0.600. The Morgan fingerprint density at radius 2 is 1.08 bits per heavy atom. The normalized spacial score (nSPS) is 20.2. The third-order valence-electron chi connectivity index (χ3n) is 3.72. The third kappa shape index (κ3) is 14.9. The molecule has 0 saturated heterocycles. The largest absolute Gasteiger partial charge is 0.266 e. The van der Waals surface area contributed by atoms with Crippen molar-refractivity contribution in [2.75, 3.05) is 0 Å². The van der Waals surface area contributed by atoms with E-state index in [1.165, 1.54) is 34.4 Å². The van der Waals surface area contributed by atoms with Gasteiger partial charge in [0.1, 0.15) is 0 Å². The van der Waals surface area contributed by atoms with Crippen molar-refractivity contribution in [2.45, 2.75) is 67.5 Å². The molecule has 2 atom stereocenters. The van der Waals surface area contributed by atoms with Crippen LogP contribution in [0.5, 0.6) is 0 Å². The van der Waals surface area contributed by atoms with Crippen LogP contribution >= 0.6 is 24.8 Å². The van der Waals surface area contributed by atoms with Gasteiger partial charge >= 0.3 is 0 Å². The molecule has 24 heavy (non-hydrogen) atoms. The Morgan fingerprint density at radius 3 is 1.12 bits per heavy atom. The van der Waals surface area contributed by atoms with Crippen LogP contribution in [-0.2, 0) is 25.8 Å². The standard InChI is InChI=1S/2C8H11.C4H11Si.2ClH.Hf/c2*1-6-4-7(2)8(3)5-6;1-3-5-4-2;;;/h2*4,8H,1-3H3;5H,3-4H2,1-2H3;2*1H;/q2*-1;;;;. The summed E-state index contributed by atoms with van der Waals surface area (Å²) in [5.41, 5.74) is 5.44. The van der Waals surface area contributed by atoms with Crippen LogP contribution in [0.1, 0.15) is 55.4 Å². The van der Waals surface area contributed by atoms with E-state index in [1.807, 2.05) is 0 Å². The number of halogens is 2. The van der Waals surface area contributed by atoms with E-state index < -0.39 is 0 Å². The van der Waals surface area contributed by atoms with Crippen LogP contribution in [0.15, 0.2) is 34.4 Å². The summed E-state index contributed by atoms with van der Waals surface area (Å²) in [6.45, 7) is 17.3. The summed E-state index contributed by atoms with van der Waals surface area (Å²) in [6.07, 6.45) is 11.0.